The predicted octanol–water partition coefficient (Wildman–Crippen LogP) is 5.90. The number of aromatic nitrogens is 1. The van der Waals surface area contributed by atoms with Crippen LogP contribution in [0.25, 0.3) is 22.6 Å². The third-order valence-electron chi connectivity index (χ3n) is 5.02. The van der Waals surface area contributed by atoms with Gasteiger partial charge in [0.05, 0.1) is 26.0 Å². The Balaban J connectivity index is 1.88. The molecule has 6 nitrogen and oxygen atoms in total. The molecular formula is C26H20N2O4S. The van der Waals surface area contributed by atoms with Gasteiger partial charge < -0.3 is 13.9 Å². The lowest BCUT2D eigenvalue weighted by molar-refractivity contribution is -0.140. The lowest BCUT2D eigenvalue weighted by Gasteiger charge is -2.17. The molecule has 0 aliphatic heterocycles. The van der Waals surface area contributed by atoms with Crippen molar-refractivity contribution >= 4 is 17.7 Å². The van der Waals surface area contributed by atoms with Gasteiger partial charge in [-0.2, -0.15) is 5.26 Å². The van der Waals surface area contributed by atoms with E-state index in [-0.39, 0.29) is 0 Å². The first-order valence-corrected chi connectivity index (χ1v) is 11.0. The quantitative estimate of drug-likeness (QED) is 0.253. The van der Waals surface area contributed by atoms with Crippen molar-refractivity contribution in [2.75, 3.05) is 14.2 Å². The molecule has 0 N–H and O–H groups in total. The summed E-state index contributed by atoms with van der Waals surface area (Å²) < 4.78 is 15.9. The number of nitrogens with zero attached hydrogens (tertiary/aromatic N) is 2. The Hall–Kier alpha value is -4.02. The Morgan fingerprint density at radius 2 is 1.82 bits per heavy atom. The first kappa shape index (κ1) is 22.2. The monoisotopic (exact) mass is 456 g/mol. The van der Waals surface area contributed by atoms with E-state index in [4.69, 9.17) is 18.9 Å². The van der Waals surface area contributed by atoms with E-state index < -0.39 is 11.2 Å². The van der Waals surface area contributed by atoms with Crippen LogP contribution in [0.2, 0.25) is 0 Å². The first-order valence-electron chi connectivity index (χ1n) is 10.1. The third-order valence-corrected chi connectivity index (χ3v) is 6.24. The lowest BCUT2D eigenvalue weighted by atomic mass is 10.0. The zero-order chi connectivity index (χ0) is 23.2. The number of carbonyl (C=O) groups excluding carboxylic acids is 1. The van der Waals surface area contributed by atoms with Crippen molar-refractivity contribution in [3.05, 3.63) is 90.2 Å². The maximum atomic E-state index is 12.7. The van der Waals surface area contributed by atoms with Gasteiger partial charge >= 0.3 is 5.97 Å². The minimum absolute atomic E-state index is 0.366. The smallest absolute Gasteiger partial charge is 0.323 e. The van der Waals surface area contributed by atoms with Crippen molar-refractivity contribution in [3.8, 4) is 34.4 Å². The van der Waals surface area contributed by atoms with Crippen molar-refractivity contribution in [1.29, 1.82) is 5.26 Å². The van der Waals surface area contributed by atoms with E-state index >= 15 is 0 Å². The molecule has 0 saturated carbocycles. The largest absolute Gasteiger partial charge is 0.497 e. The molecule has 2 aromatic carbocycles. The summed E-state index contributed by atoms with van der Waals surface area (Å²) in [7, 11) is 2.95. The minimum atomic E-state index is -0.689. The minimum Gasteiger partial charge on any atom is -0.497 e. The van der Waals surface area contributed by atoms with Crippen LogP contribution < -0.4 is 4.74 Å². The molecule has 0 aliphatic rings. The van der Waals surface area contributed by atoms with Crippen molar-refractivity contribution < 1.29 is 18.7 Å². The van der Waals surface area contributed by atoms with E-state index in [1.165, 1.54) is 18.9 Å². The van der Waals surface area contributed by atoms with Crippen LogP contribution in [-0.2, 0) is 9.53 Å². The molecule has 0 radical (unpaired) electrons. The Morgan fingerprint density at radius 3 is 2.42 bits per heavy atom. The standard InChI is InChI=1S/C26H20N2O4S/c1-30-19-12-10-17(11-13-19)20-15-22(23-9-6-14-32-23)28-25(21(20)16-27)33-24(26(29)31-2)18-7-4-3-5-8-18/h3-15,24H,1-2H3. The van der Waals surface area contributed by atoms with E-state index in [2.05, 4.69) is 6.07 Å². The molecule has 0 bridgehead atoms. The average molecular weight is 457 g/mol. The van der Waals surface area contributed by atoms with Gasteiger partial charge in [-0.3, -0.25) is 4.79 Å². The third kappa shape index (κ3) is 4.76. The van der Waals surface area contributed by atoms with E-state index in [1.807, 2.05) is 60.7 Å². The van der Waals surface area contributed by atoms with Gasteiger partial charge in [-0.15, -0.1) is 0 Å². The van der Waals surface area contributed by atoms with Crippen molar-refractivity contribution in [1.82, 2.24) is 4.98 Å². The van der Waals surface area contributed by atoms with Crippen molar-refractivity contribution in [2.24, 2.45) is 0 Å². The average Bonchev–Trinajstić information content (AvgIpc) is 3.42. The van der Waals surface area contributed by atoms with Gasteiger partial charge in [-0.05, 0) is 41.5 Å². The van der Waals surface area contributed by atoms with Gasteiger partial charge in [0, 0.05) is 5.56 Å². The van der Waals surface area contributed by atoms with E-state index in [0.29, 0.717) is 33.4 Å². The van der Waals surface area contributed by atoms with Gasteiger partial charge in [0.25, 0.3) is 0 Å². The summed E-state index contributed by atoms with van der Waals surface area (Å²) in [4.78, 5) is 17.4. The fraction of sp³-hybridized carbons (Fsp3) is 0.115. The summed E-state index contributed by atoms with van der Waals surface area (Å²) in [6.07, 6.45) is 1.57. The highest BCUT2D eigenvalue weighted by Crippen LogP contribution is 2.41. The number of benzene rings is 2. The molecule has 33 heavy (non-hydrogen) atoms. The van der Waals surface area contributed by atoms with Crippen molar-refractivity contribution in [2.45, 2.75) is 10.3 Å². The second-order valence-corrected chi connectivity index (χ2v) is 8.08. The molecule has 164 valence electrons. The second kappa shape index (κ2) is 10.1. The number of pyridine rings is 1. The number of hydrogen-bond acceptors (Lipinski definition) is 7. The summed E-state index contributed by atoms with van der Waals surface area (Å²) in [5.41, 5.74) is 3.18. The molecule has 7 heteroatoms. The molecular weight excluding hydrogens is 436 g/mol. The maximum Gasteiger partial charge on any atom is 0.323 e. The van der Waals surface area contributed by atoms with Crippen molar-refractivity contribution in [3.63, 3.8) is 0 Å². The topological polar surface area (TPSA) is 85.3 Å². The Labute approximate surface area is 195 Å². The normalized spacial score (nSPS) is 11.4. The van der Waals surface area contributed by atoms with Gasteiger partial charge in [-0.1, -0.05) is 54.2 Å². The van der Waals surface area contributed by atoms with Crippen LogP contribution in [0.4, 0.5) is 0 Å². The molecule has 0 saturated heterocycles. The predicted molar refractivity (Wildman–Crippen MR) is 126 cm³/mol. The number of carbonyl (C=O) groups is 1. The SMILES string of the molecule is COC(=O)C(Sc1nc(-c2ccco2)cc(-c2ccc(OC)cc2)c1C#N)c1ccccc1. The molecule has 2 heterocycles. The van der Waals surface area contributed by atoms with Crippen LogP contribution >= 0.6 is 11.8 Å². The van der Waals surface area contributed by atoms with E-state index in [1.54, 1.807) is 25.5 Å². The number of hydrogen-bond donors (Lipinski definition) is 0. The van der Waals surface area contributed by atoms with E-state index in [9.17, 15) is 10.1 Å². The zero-order valence-corrected chi connectivity index (χ0v) is 18.8. The van der Waals surface area contributed by atoms with Crippen LogP contribution in [0.1, 0.15) is 16.4 Å². The lowest BCUT2D eigenvalue weighted by Crippen LogP contribution is -2.12. The number of methoxy groups -OCH3 is 2. The Bertz CT molecular complexity index is 1280. The van der Waals surface area contributed by atoms with Crippen LogP contribution in [-0.4, -0.2) is 25.2 Å². The Morgan fingerprint density at radius 1 is 1.06 bits per heavy atom. The molecule has 0 spiro atoms. The molecule has 1 atom stereocenters. The number of esters is 1. The summed E-state index contributed by atoms with van der Waals surface area (Å²) in [5, 5.41) is 9.82. The Kier molecular flexibility index (Phi) is 6.77. The van der Waals surface area contributed by atoms with Crippen LogP contribution in [0, 0.1) is 11.3 Å². The van der Waals surface area contributed by atoms with Crippen LogP contribution in [0.15, 0.2) is 88.5 Å². The van der Waals surface area contributed by atoms with Gasteiger partial charge in [-0.25, -0.2) is 4.98 Å². The fourth-order valence-electron chi connectivity index (χ4n) is 3.36. The highest BCUT2D eigenvalue weighted by Gasteiger charge is 2.27. The number of rotatable bonds is 7. The number of thioether (sulfide) groups is 1. The summed E-state index contributed by atoms with van der Waals surface area (Å²) in [5.74, 6) is 0.846. The van der Waals surface area contributed by atoms with Crippen LogP contribution in [0.5, 0.6) is 5.75 Å². The molecule has 2 aromatic heterocycles. The summed E-state index contributed by atoms with van der Waals surface area (Å²) in [6, 6.07) is 24.4. The molecule has 0 aliphatic carbocycles. The van der Waals surface area contributed by atoms with Gasteiger partial charge in [0.15, 0.2) is 5.76 Å². The maximum absolute atomic E-state index is 12.7. The second-order valence-electron chi connectivity index (χ2n) is 6.98. The molecule has 4 rings (SSSR count). The fourth-order valence-corrected chi connectivity index (χ4v) is 4.50. The highest BCUT2D eigenvalue weighted by atomic mass is 32.2. The molecule has 0 amide bonds. The van der Waals surface area contributed by atoms with Gasteiger partial charge in [0.1, 0.15) is 27.8 Å². The molecule has 4 aromatic rings. The number of furan rings is 1. The molecule has 0 fully saturated rings. The summed E-state index contributed by atoms with van der Waals surface area (Å²) in [6.45, 7) is 0. The molecule has 1 unspecified atom stereocenters. The number of nitriles is 1. The van der Waals surface area contributed by atoms with Gasteiger partial charge in [0.2, 0.25) is 0 Å². The zero-order valence-electron chi connectivity index (χ0n) is 18.0. The van der Waals surface area contributed by atoms with E-state index in [0.717, 1.165) is 11.1 Å². The first-order chi connectivity index (χ1) is 16.1. The highest BCUT2D eigenvalue weighted by molar-refractivity contribution is 8.00. The van der Waals surface area contributed by atoms with Crippen LogP contribution in [0.3, 0.4) is 0 Å². The summed E-state index contributed by atoms with van der Waals surface area (Å²) >= 11 is 1.18. The number of ether oxygens (including phenoxy) is 2.